The van der Waals surface area contributed by atoms with Gasteiger partial charge in [0.05, 0.1) is 0 Å². The van der Waals surface area contributed by atoms with Crippen LogP contribution in [0.2, 0.25) is 0 Å². The van der Waals surface area contributed by atoms with Crippen LogP contribution in [-0.4, -0.2) is 14.6 Å². The summed E-state index contributed by atoms with van der Waals surface area (Å²) in [5, 5.41) is 7.00. The third-order valence-electron chi connectivity index (χ3n) is 1.92. The second-order valence-corrected chi connectivity index (χ2v) is 2.83. The van der Waals surface area contributed by atoms with Crippen LogP contribution >= 0.6 is 0 Å². The minimum Gasteiger partial charge on any atom is -0.326 e. The number of halogens is 2. The van der Waals surface area contributed by atoms with Gasteiger partial charge in [-0.3, -0.25) is 4.40 Å². The van der Waals surface area contributed by atoms with Gasteiger partial charge in [0.15, 0.2) is 5.65 Å². The molecule has 2 N–H and O–H groups in total. The SMILES string of the molecule is NCc1ccc2nnc(C(F)F)n2c1. The molecule has 4 nitrogen and oxygen atoms in total. The van der Waals surface area contributed by atoms with Crippen molar-refractivity contribution in [2.24, 2.45) is 5.73 Å². The molecule has 74 valence electrons. The van der Waals surface area contributed by atoms with E-state index in [9.17, 15) is 8.78 Å². The summed E-state index contributed by atoms with van der Waals surface area (Å²) >= 11 is 0. The van der Waals surface area contributed by atoms with Gasteiger partial charge in [0, 0.05) is 12.7 Å². The predicted octanol–water partition coefficient (Wildman–Crippen LogP) is 1.13. The molecule has 0 aromatic carbocycles. The number of rotatable bonds is 2. The van der Waals surface area contributed by atoms with Gasteiger partial charge in [-0.05, 0) is 11.6 Å². The van der Waals surface area contributed by atoms with Crippen LogP contribution in [0.3, 0.4) is 0 Å². The molecular weight excluding hydrogens is 190 g/mol. The molecule has 0 amide bonds. The normalized spacial score (nSPS) is 11.4. The van der Waals surface area contributed by atoms with Crippen LogP contribution < -0.4 is 5.73 Å². The van der Waals surface area contributed by atoms with E-state index in [2.05, 4.69) is 10.2 Å². The lowest BCUT2D eigenvalue weighted by atomic mass is 10.3. The topological polar surface area (TPSA) is 56.2 Å². The Balaban J connectivity index is 2.63. The molecule has 2 heterocycles. The van der Waals surface area contributed by atoms with Crippen molar-refractivity contribution in [2.45, 2.75) is 13.0 Å². The van der Waals surface area contributed by atoms with E-state index in [0.717, 1.165) is 5.56 Å². The summed E-state index contributed by atoms with van der Waals surface area (Å²) in [6.07, 6.45) is -1.10. The summed E-state index contributed by atoms with van der Waals surface area (Å²) in [6, 6.07) is 3.35. The van der Waals surface area contributed by atoms with Crippen LogP contribution in [0.5, 0.6) is 0 Å². The fraction of sp³-hybridized carbons (Fsp3) is 0.250. The number of hydrogen-bond donors (Lipinski definition) is 1. The van der Waals surface area contributed by atoms with Crippen LogP contribution in [0.15, 0.2) is 18.3 Å². The number of aromatic nitrogens is 3. The van der Waals surface area contributed by atoms with Gasteiger partial charge in [-0.2, -0.15) is 0 Å². The van der Waals surface area contributed by atoms with E-state index in [1.54, 1.807) is 12.1 Å². The largest absolute Gasteiger partial charge is 0.326 e. The highest BCUT2D eigenvalue weighted by Crippen LogP contribution is 2.17. The maximum atomic E-state index is 12.4. The molecule has 0 bridgehead atoms. The van der Waals surface area contributed by atoms with Gasteiger partial charge in [0.2, 0.25) is 5.82 Å². The summed E-state index contributed by atoms with van der Waals surface area (Å²) in [5.41, 5.74) is 6.56. The molecule has 0 unspecified atom stereocenters. The van der Waals surface area contributed by atoms with Gasteiger partial charge >= 0.3 is 0 Å². The first-order valence-corrected chi connectivity index (χ1v) is 4.04. The maximum Gasteiger partial charge on any atom is 0.297 e. The lowest BCUT2D eigenvalue weighted by molar-refractivity contribution is 0.139. The first-order valence-electron chi connectivity index (χ1n) is 4.04. The predicted molar refractivity (Wildman–Crippen MR) is 45.8 cm³/mol. The van der Waals surface area contributed by atoms with Crippen molar-refractivity contribution >= 4 is 5.65 Å². The molecule has 0 atom stereocenters. The summed E-state index contributed by atoms with van der Waals surface area (Å²) < 4.78 is 26.1. The summed E-state index contributed by atoms with van der Waals surface area (Å²) in [7, 11) is 0. The van der Waals surface area contributed by atoms with Gasteiger partial charge in [0.25, 0.3) is 6.43 Å². The molecule has 0 fully saturated rings. The van der Waals surface area contributed by atoms with Gasteiger partial charge < -0.3 is 5.73 Å². The van der Waals surface area contributed by atoms with Gasteiger partial charge in [-0.15, -0.1) is 10.2 Å². The van der Waals surface area contributed by atoms with Crippen LogP contribution in [0.4, 0.5) is 8.78 Å². The Morgan fingerprint density at radius 2 is 2.14 bits per heavy atom. The number of nitrogens with two attached hydrogens (primary N) is 1. The van der Waals surface area contributed by atoms with Crippen molar-refractivity contribution in [3.63, 3.8) is 0 Å². The monoisotopic (exact) mass is 198 g/mol. The molecule has 2 rings (SSSR count). The molecule has 0 saturated carbocycles. The molecule has 0 saturated heterocycles. The second kappa shape index (κ2) is 3.30. The second-order valence-electron chi connectivity index (χ2n) is 2.83. The highest BCUT2D eigenvalue weighted by molar-refractivity contribution is 5.39. The Morgan fingerprint density at radius 1 is 1.36 bits per heavy atom. The fourth-order valence-corrected chi connectivity index (χ4v) is 1.22. The third kappa shape index (κ3) is 1.33. The standard InChI is InChI=1S/C8H8F2N4/c9-7(10)8-13-12-6-2-1-5(3-11)4-14(6)8/h1-2,4,7H,3,11H2. The quantitative estimate of drug-likeness (QED) is 0.786. The lowest BCUT2D eigenvalue weighted by Gasteiger charge is -2.00. The van der Waals surface area contributed by atoms with Crippen LogP contribution in [-0.2, 0) is 6.54 Å². The molecule has 0 radical (unpaired) electrons. The van der Waals surface area contributed by atoms with E-state index >= 15 is 0 Å². The van der Waals surface area contributed by atoms with E-state index in [1.807, 2.05) is 0 Å². The van der Waals surface area contributed by atoms with E-state index in [1.165, 1.54) is 10.6 Å². The number of pyridine rings is 1. The molecule has 0 aliphatic carbocycles. The maximum absolute atomic E-state index is 12.4. The average Bonchev–Trinajstić information content (AvgIpc) is 2.59. The number of nitrogens with zero attached hydrogens (tertiary/aromatic N) is 3. The summed E-state index contributed by atoms with van der Waals surface area (Å²) in [4.78, 5) is 0. The first kappa shape index (κ1) is 9.01. The zero-order valence-corrected chi connectivity index (χ0v) is 7.19. The number of hydrogen-bond acceptors (Lipinski definition) is 3. The smallest absolute Gasteiger partial charge is 0.297 e. The van der Waals surface area contributed by atoms with Crippen LogP contribution in [0, 0.1) is 0 Å². The Hall–Kier alpha value is -1.56. The average molecular weight is 198 g/mol. The number of alkyl halides is 2. The summed E-state index contributed by atoms with van der Waals surface area (Å²) in [6.45, 7) is 0.302. The van der Waals surface area contributed by atoms with E-state index in [0.29, 0.717) is 12.2 Å². The highest BCUT2D eigenvalue weighted by Gasteiger charge is 2.15. The molecule has 0 aliphatic heterocycles. The molecule has 6 heteroatoms. The fourth-order valence-electron chi connectivity index (χ4n) is 1.22. The van der Waals surface area contributed by atoms with Crippen molar-refractivity contribution in [3.05, 3.63) is 29.7 Å². The highest BCUT2D eigenvalue weighted by atomic mass is 19.3. The molecule has 14 heavy (non-hydrogen) atoms. The third-order valence-corrected chi connectivity index (χ3v) is 1.92. The van der Waals surface area contributed by atoms with Crippen LogP contribution in [0.1, 0.15) is 17.8 Å². The molecule has 0 spiro atoms. The first-order chi connectivity index (χ1) is 6.72. The van der Waals surface area contributed by atoms with E-state index < -0.39 is 6.43 Å². The molecule has 2 aromatic rings. The van der Waals surface area contributed by atoms with Crippen LogP contribution in [0.25, 0.3) is 5.65 Å². The van der Waals surface area contributed by atoms with E-state index in [4.69, 9.17) is 5.73 Å². The molecule has 2 aromatic heterocycles. The minimum absolute atomic E-state index is 0.302. The van der Waals surface area contributed by atoms with Gasteiger partial charge in [0.1, 0.15) is 0 Å². The van der Waals surface area contributed by atoms with Crippen molar-refractivity contribution in [1.29, 1.82) is 0 Å². The molecular formula is C8H8F2N4. The zero-order chi connectivity index (χ0) is 10.1. The van der Waals surface area contributed by atoms with Crippen molar-refractivity contribution < 1.29 is 8.78 Å². The Morgan fingerprint density at radius 3 is 2.79 bits per heavy atom. The van der Waals surface area contributed by atoms with Crippen molar-refractivity contribution in [2.75, 3.05) is 0 Å². The zero-order valence-electron chi connectivity index (χ0n) is 7.19. The Kier molecular flexibility index (Phi) is 2.12. The van der Waals surface area contributed by atoms with E-state index in [-0.39, 0.29) is 5.82 Å². The Labute approximate surface area is 78.4 Å². The molecule has 0 aliphatic rings. The van der Waals surface area contributed by atoms with Gasteiger partial charge in [-0.25, -0.2) is 8.78 Å². The van der Waals surface area contributed by atoms with Crippen molar-refractivity contribution in [1.82, 2.24) is 14.6 Å². The lowest BCUT2D eigenvalue weighted by Crippen LogP contribution is -2.00. The van der Waals surface area contributed by atoms with Crippen molar-refractivity contribution in [3.8, 4) is 0 Å². The van der Waals surface area contributed by atoms with Gasteiger partial charge in [-0.1, -0.05) is 6.07 Å². The number of fused-ring (bicyclic) bond motifs is 1. The minimum atomic E-state index is -2.63. The summed E-state index contributed by atoms with van der Waals surface area (Å²) in [5.74, 6) is -0.352. The Bertz CT molecular complexity index is 452.